The molecule has 0 aliphatic heterocycles. The number of aryl methyl sites for hydroxylation is 2. The molecule has 1 aliphatic rings. The lowest BCUT2D eigenvalue weighted by Crippen LogP contribution is -2.57. The lowest BCUT2D eigenvalue weighted by molar-refractivity contribution is 0.526. The van der Waals surface area contributed by atoms with Gasteiger partial charge in [-0.15, -0.1) is 0 Å². The van der Waals surface area contributed by atoms with Gasteiger partial charge in [-0.1, -0.05) is 103 Å². The highest BCUT2D eigenvalue weighted by Crippen LogP contribution is 2.47. The topological polar surface area (TPSA) is 6.48 Å². The van der Waals surface area contributed by atoms with Crippen molar-refractivity contribution in [3.05, 3.63) is 174 Å². The van der Waals surface area contributed by atoms with Gasteiger partial charge in [-0.25, -0.2) is 0 Å². The van der Waals surface area contributed by atoms with Gasteiger partial charge in [0.25, 0.3) is 0 Å². The van der Waals surface area contributed by atoms with Gasteiger partial charge in [0.2, 0.25) is 0 Å². The molecule has 2 nitrogen and oxygen atoms in total. The van der Waals surface area contributed by atoms with E-state index in [1.807, 2.05) is 0 Å². The molecule has 1 aliphatic carbocycles. The maximum absolute atomic E-state index is 2.50. The number of anilines is 4. The molecule has 0 aromatic heterocycles. The van der Waals surface area contributed by atoms with Crippen LogP contribution in [0.1, 0.15) is 23.1 Å². The Morgan fingerprint density at radius 2 is 0.950 bits per heavy atom. The van der Waals surface area contributed by atoms with Crippen LogP contribution < -0.4 is 9.80 Å². The minimum absolute atomic E-state index is 0.567. The molecule has 0 spiro atoms. The zero-order valence-corrected chi connectivity index (χ0v) is 23.1. The lowest BCUT2D eigenvalue weighted by Gasteiger charge is -2.52. The van der Waals surface area contributed by atoms with Crippen LogP contribution in [0.3, 0.4) is 0 Å². The van der Waals surface area contributed by atoms with E-state index in [1.54, 1.807) is 0 Å². The third kappa shape index (κ3) is 4.97. The summed E-state index contributed by atoms with van der Waals surface area (Å²) in [5, 5.41) is 0. The van der Waals surface area contributed by atoms with E-state index in [-0.39, 0.29) is 0 Å². The second-order valence-electron chi connectivity index (χ2n) is 10.5. The molecule has 40 heavy (non-hydrogen) atoms. The summed E-state index contributed by atoms with van der Waals surface area (Å²) in [5.74, 6) is 0. The van der Waals surface area contributed by atoms with E-state index in [0.29, 0.717) is 0 Å². The SMILES string of the molecule is Cc1cccc(N(c2ccccc2)C2(N(c3ccccc3)c3cccc(C)c3)C=CC(c3ccccc3)=CC2)c1. The van der Waals surface area contributed by atoms with Gasteiger partial charge in [0, 0.05) is 29.2 Å². The van der Waals surface area contributed by atoms with Crippen molar-refractivity contribution in [3.63, 3.8) is 0 Å². The van der Waals surface area contributed by atoms with Crippen molar-refractivity contribution in [2.24, 2.45) is 0 Å². The average molecular weight is 519 g/mol. The van der Waals surface area contributed by atoms with E-state index in [9.17, 15) is 0 Å². The van der Waals surface area contributed by atoms with Crippen LogP contribution in [0.2, 0.25) is 0 Å². The molecule has 5 aromatic rings. The molecular formula is C38H34N2. The summed E-state index contributed by atoms with van der Waals surface area (Å²) in [6.07, 6.45) is 7.88. The molecule has 5 aromatic carbocycles. The highest BCUT2D eigenvalue weighted by molar-refractivity contribution is 5.82. The number of nitrogens with zero attached hydrogens (tertiary/aromatic N) is 2. The third-order valence-corrected chi connectivity index (χ3v) is 7.58. The molecule has 0 amide bonds. The van der Waals surface area contributed by atoms with Gasteiger partial charge < -0.3 is 9.80 Å². The largest absolute Gasteiger partial charge is 0.314 e. The van der Waals surface area contributed by atoms with Gasteiger partial charge in [0.05, 0.1) is 0 Å². The number of allylic oxidation sites excluding steroid dienone is 2. The maximum atomic E-state index is 2.50. The number of hydrogen-bond acceptors (Lipinski definition) is 2. The Kier molecular flexibility index (Phi) is 7.08. The molecule has 0 unspecified atom stereocenters. The monoisotopic (exact) mass is 518 g/mol. The first-order valence-electron chi connectivity index (χ1n) is 13.9. The second kappa shape index (κ2) is 11.1. The number of benzene rings is 5. The Morgan fingerprint density at radius 1 is 0.500 bits per heavy atom. The first-order chi connectivity index (χ1) is 19.6. The van der Waals surface area contributed by atoms with E-state index in [2.05, 4.69) is 181 Å². The summed E-state index contributed by atoms with van der Waals surface area (Å²) < 4.78 is 0. The molecule has 0 saturated carbocycles. The van der Waals surface area contributed by atoms with Crippen LogP contribution >= 0.6 is 0 Å². The zero-order chi connectivity index (χ0) is 27.4. The molecule has 2 heteroatoms. The van der Waals surface area contributed by atoms with Crippen LogP contribution in [0, 0.1) is 13.8 Å². The van der Waals surface area contributed by atoms with E-state index in [1.165, 1.54) is 22.3 Å². The Labute approximate surface area is 238 Å². The molecule has 0 heterocycles. The highest BCUT2D eigenvalue weighted by atomic mass is 15.4. The van der Waals surface area contributed by atoms with Crippen LogP contribution in [0.15, 0.2) is 158 Å². The fourth-order valence-corrected chi connectivity index (χ4v) is 5.78. The van der Waals surface area contributed by atoms with E-state index >= 15 is 0 Å². The molecule has 0 N–H and O–H groups in total. The van der Waals surface area contributed by atoms with Crippen molar-refractivity contribution in [1.82, 2.24) is 0 Å². The van der Waals surface area contributed by atoms with Crippen molar-refractivity contribution in [3.8, 4) is 0 Å². The van der Waals surface area contributed by atoms with Crippen molar-refractivity contribution in [1.29, 1.82) is 0 Å². The van der Waals surface area contributed by atoms with Gasteiger partial charge in [0.15, 0.2) is 0 Å². The van der Waals surface area contributed by atoms with Gasteiger partial charge in [-0.2, -0.15) is 0 Å². The predicted octanol–water partition coefficient (Wildman–Crippen LogP) is 10.0. The quantitative estimate of drug-likeness (QED) is 0.198. The zero-order valence-electron chi connectivity index (χ0n) is 23.1. The second-order valence-corrected chi connectivity index (χ2v) is 10.5. The van der Waals surface area contributed by atoms with Crippen molar-refractivity contribution < 1.29 is 0 Å². The van der Waals surface area contributed by atoms with Crippen molar-refractivity contribution in [2.45, 2.75) is 25.9 Å². The van der Waals surface area contributed by atoms with Crippen LogP contribution in [0.4, 0.5) is 22.7 Å². The first kappa shape index (κ1) is 25.5. The Balaban J connectivity index is 1.63. The Bertz CT molecular complexity index is 1550. The molecule has 196 valence electrons. The highest BCUT2D eigenvalue weighted by Gasteiger charge is 2.43. The van der Waals surface area contributed by atoms with Gasteiger partial charge in [-0.05, 0) is 90.7 Å². The number of rotatable bonds is 7. The summed E-state index contributed by atoms with van der Waals surface area (Å²) in [6.45, 7) is 4.33. The van der Waals surface area contributed by atoms with Gasteiger partial charge in [0.1, 0.15) is 5.66 Å². The molecular weight excluding hydrogens is 484 g/mol. The Hall–Kier alpha value is -4.82. The molecule has 0 atom stereocenters. The van der Waals surface area contributed by atoms with Crippen molar-refractivity contribution in [2.75, 3.05) is 9.80 Å². The predicted molar refractivity (Wildman–Crippen MR) is 170 cm³/mol. The fraction of sp³-hybridized carbons (Fsp3) is 0.105. The maximum Gasteiger partial charge on any atom is 0.145 e. The fourth-order valence-electron chi connectivity index (χ4n) is 5.78. The van der Waals surface area contributed by atoms with Crippen molar-refractivity contribution >= 4 is 28.3 Å². The smallest absolute Gasteiger partial charge is 0.145 e. The average Bonchev–Trinajstić information content (AvgIpc) is 3.00. The van der Waals surface area contributed by atoms with Crippen LogP contribution in [-0.4, -0.2) is 5.66 Å². The van der Waals surface area contributed by atoms with Crippen LogP contribution in [-0.2, 0) is 0 Å². The van der Waals surface area contributed by atoms with Gasteiger partial charge in [-0.3, -0.25) is 0 Å². The van der Waals surface area contributed by atoms with Crippen LogP contribution in [0.25, 0.3) is 5.57 Å². The van der Waals surface area contributed by atoms with E-state index < -0.39 is 5.66 Å². The molecule has 0 bridgehead atoms. The lowest BCUT2D eigenvalue weighted by atomic mass is 9.88. The Morgan fingerprint density at radius 3 is 1.38 bits per heavy atom. The standard InChI is InChI=1S/C38H34N2/c1-30-14-12-22-36(28-30)39(34-18-8-4-9-19-34)38(26-24-33(25-27-38)32-16-6-3-7-17-32)40(35-20-10-5-11-21-35)37-23-13-15-31(2)29-37/h3-26,28-29H,27H2,1-2H3. The normalized spacial score (nSPS) is 13.9. The molecule has 0 radical (unpaired) electrons. The summed E-state index contributed by atoms with van der Waals surface area (Å²) >= 11 is 0. The summed E-state index contributed by atoms with van der Waals surface area (Å²) in [6, 6.07) is 49.9. The minimum atomic E-state index is -0.567. The van der Waals surface area contributed by atoms with E-state index in [0.717, 1.165) is 29.2 Å². The van der Waals surface area contributed by atoms with E-state index in [4.69, 9.17) is 0 Å². The third-order valence-electron chi connectivity index (χ3n) is 7.58. The minimum Gasteiger partial charge on any atom is -0.314 e. The summed E-state index contributed by atoms with van der Waals surface area (Å²) in [7, 11) is 0. The first-order valence-corrected chi connectivity index (χ1v) is 13.9. The summed E-state index contributed by atoms with van der Waals surface area (Å²) in [4.78, 5) is 5.01. The molecule has 6 rings (SSSR count). The van der Waals surface area contributed by atoms with Gasteiger partial charge >= 0.3 is 0 Å². The number of hydrogen-bond donors (Lipinski definition) is 0. The number of para-hydroxylation sites is 2. The summed E-state index contributed by atoms with van der Waals surface area (Å²) in [5.41, 5.74) is 8.96. The molecule has 0 fully saturated rings. The molecule has 0 saturated heterocycles. The van der Waals surface area contributed by atoms with Crippen LogP contribution in [0.5, 0.6) is 0 Å².